The van der Waals surface area contributed by atoms with E-state index < -0.39 is 0 Å². The van der Waals surface area contributed by atoms with E-state index in [4.69, 9.17) is 9.47 Å². The molecule has 0 spiro atoms. The summed E-state index contributed by atoms with van der Waals surface area (Å²) < 4.78 is 12.8. The molecule has 1 aliphatic heterocycles. The minimum Gasteiger partial charge on any atom is -0.454 e. The number of carbonyl (C=O) groups is 1. The van der Waals surface area contributed by atoms with Gasteiger partial charge in [-0.3, -0.25) is 9.89 Å². The number of ether oxygens (including phenoxy) is 2. The van der Waals surface area contributed by atoms with Crippen LogP contribution in [0.25, 0.3) is 10.9 Å². The van der Waals surface area contributed by atoms with Crippen LogP contribution in [0, 0.1) is 0 Å². The number of nitrogens with one attached hydrogen (secondary N) is 2. The molecule has 0 aliphatic carbocycles. The van der Waals surface area contributed by atoms with Crippen molar-refractivity contribution >= 4 is 16.8 Å². The van der Waals surface area contributed by atoms with Gasteiger partial charge in [-0.15, -0.1) is 0 Å². The Morgan fingerprint density at radius 3 is 2.96 bits per heavy atom. The first-order valence-corrected chi connectivity index (χ1v) is 9.01. The number of amides is 1. The molecule has 3 heterocycles. The summed E-state index contributed by atoms with van der Waals surface area (Å²) in [7, 11) is 0. The van der Waals surface area contributed by atoms with Crippen molar-refractivity contribution in [3.8, 4) is 11.5 Å². The third kappa shape index (κ3) is 3.07. The molecule has 2 N–H and O–H groups in total. The lowest BCUT2D eigenvalue weighted by atomic mass is 10.2. The molecule has 0 unspecified atom stereocenters. The molecule has 7 nitrogen and oxygen atoms in total. The largest absolute Gasteiger partial charge is 0.454 e. The topological polar surface area (TPSA) is 81.2 Å². The van der Waals surface area contributed by atoms with Crippen LogP contribution in [-0.2, 0) is 13.1 Å². The molecule has 0 saturated carbocycles. The summed E-state index contributed by atoms with van der Waals surface area (Å²) in [5, 5.41) is 11.2. The van der Waals surface area contributed by atoms with Gasteiger partial charge in [-0.1, -0.05) is 24.3 Å². The van der Waals surface area contributed by atoms with Crippen molar-refractivity contribution in [3.63, 3.8) is 0 Å². The first kappa shape index (κ1) is 16.4. The van der Waals surface area contributed by atoms with Crippen LogP contribution in [-0.4, -0.2) is 27.5 Å². The lowest BCUT2D eigenvalue weighted by Crippen LogP contribution is -2.23. The smallest absolute Gasteiger partial charge is 0.272 e. The lowest BCUT2D eigenvalue weighted by Gasteiger charge is -2.04. The molecular weight excluding hydrogens is 356 g/mol. The van der Waals surface area contributed by atoms with Crippen LogP contribution in [0.3, 0.4) is 0 Å². The molecule has 0 saturated heterocycles. The molecule has 1 aliphatic rings. The maximum atomic E-state index is 12.4. The zero-order chi connectivity index (χ0) is 18.9. The van der Waals surface area contributed by atoms with Crippen molar-refractivity contribution in [2.75, 3.05) is 6.79 Å². The highest BCUT2D eigenvalue weighted by Gasteiger charge is 2.15. The van der Waals surface area contributed by atoms with Gasteiger partial charge in [-0.25, -0.2) is 0 Å². The van der Waals surface area contributed by atoms with Crippen LogP contribution in [0.5, 0.6) is 11.5 Å². The van der Waals surface area contributed by atoms with Gasteiger partial charge in [0.25, 0.3) is 5.91 Å². The molecule has 0 radical (unpaired) electrons. The molecule has 2 aromatic heterocycles. The predicted molar refractivity (Wildman–Crippen MR) is 103 cm³/mol. The van der Waals surface area contributed by atoms with Crippen molar-refractivity contribution in [3.05, 3.63) is 77.7 Å². The molecular formula is C21H18N4O3. The van der Waals surface area contributed by atoms with E-state index in [1.807, 2.05) is 36.5 Å². The number of fused-ring (bicyclic) bond motifs is 2. The van der Waals surface area contributed by atoms with E-state index in [2.05, 4.69) is 38.3 Å². The SMILES string of the molecule is O=C(NCc1ccc2c(c1)OCO2)c1cc(Cn2ccc3ccccc32)[nH]n1. The Kier molecular flexibility index (Phi) is 3.97. The number of aromatic amines is 1. The van der Waals surface area contributed by atoms with E-state index in [0.29, 0.717) is 24.5 Å². The number of para-hydroxylation sites is 1. The van der Waals surface area contributed by atoms with Gasteiger partial charge >= 0.3 is 0 Å². The van der Waals surface area contributed by atoms with Gasteiger partial charge in [0, 0.05) is 18.3 Å². The number of rotatable bonds is 5. The standard InChI is InChI=1S/C21H18N4O3/c26-21(22-11-14-5-6-19-20(9-14)28-13-27-19)17-10-16(23-24-17)12-25-8-7-15-3-1-2-4-18(15)25/h1-10H,11-13H2,(H,22,26)(H,23,24). The first-order valence-electron chi connectivity index (χ1n) is 9.01. The maximum absolute atomic E-state index is 12.4. The fraction of sp³-hybridized carbons (Fsp3) is 0.143. The number of nitrogens with zero attached hydrogens (tertiary/aromatic N) is 2. The molecule has 0 bridgehead atoms. The van der Waals surface area contributed by atoms with E-state index >= 15 is 0 Å². The third-order valence-electron chi connectivity index (χ3n) is 4.77. The minimum atomic E-state index is -0.225. The zero-order valence-electron chi connectivity index (χ0n) is 15.0. The average molecular weight is 374 g/mol. The fourth-order valence-electron chi connectivity index (χ4n) is 3.34. The average Bonchev–Trinajstić information content (AvgIpc) is 3.46. The van der Waals surface area contributed by atoms with Gasteiger partial charge in [0.2, 0.25) is 6.79 Å². The van der Waals surface area contributed by atoms with E-state index in [9.17, 15) is 4.79 Å². The summed E-state index contributed by atoms with van der Waals surface area (Å²) in [4.78, 5) is 12.4. The highest BCUT2D eigenvalue weighted by Crippen LogP contribution is 2.32. The highest BCUT2D eigenvalue weighted by molar-refractivity contribution is 5.92. The number of carbonyl (C=O) groups excluding carboxylic acids is 1. The van der Waals surface area contributed by atoms with Gasteiger partial charge in [0.15, 0.2) is 11.5 Å². The predicted octanol–water partition coefficient (Wildman–Crippen LogP) is 3.07. The molecule has 0 fully saturated rings. The van der Waals surface area contributed by atoms with Crippen LogP contribution in [0.1, 0.15) is 21.7 Å². The number of benzene rings is 2. The van der Waals surface area contributed by atoms with Crippen LogP contribution >= 0.6 is 0 Å². The summed E-state index contributed by atoms with van der Waals surface area (Å²) in [5.74, 6) is 1.20. The first-order chi connectivity index (χ1) is 13.8. The lowest BCUT2D eigenvalue weighted by molar-refractivity contribution is 0.0946. The molecule has 28 heavy (non-hydrogen) atoms. The van der Waals surface area contributed by atoms with Gasteiger partial charge in [-0.2, -0.15) is 5.10 Å². The second kappa shape index (κ2) is 6.77. The van der Waals surface area contributed by atoms with E-state index in [1.165, 1.54) is 5.39 Å². The molecule has 5 rings (SSSR count). The monoisotopic (exact) mass is 374 g/mol. The van der Waals surface area contributed by atoms with Crippen molar-refractivity contribution in [2.24, 2.45) is 0 Å². The zero-order valence-corrected chi connectivity index (χ0v) is 15.0. The van der Waals surface area contributed by atoms with Crippen molar-refractivity contribution < 1.29 is 14.3 Å². The minimum absolute atomic E-state index is 0.225. The Morgan fingerprint density at radius 1 is 1.11 bits per heavy atom. The van der Waals surface area contributed by atoms with Crippen molar-refractivity contribution in [2.45, 2.75) is 13.1 Å². The van der Waals surface area contributed by atoms with E-state index in [1.54, 1.807) is 6.07 Å². The molecule has 140 valence electrons. The fourth-order valence-corrected chi connectivity index (χ4v) is 3.34. The molecule has 7 heteroatoms. The summed E-state index contributed by atoms with van der Waals surface area (Å²) in [6.45, 7) is 1.24. The van der Waals surface area contributed by atoms with E-state index in [0.717, 1.165) is 22.5 Å². The second-order valence-electron chi connectivity index (χ2n) is 6.65. The number of hydrogen-bond donors (Lipinski definition) is 2. The van der Waals surface area contributed by atoms with Crippen molar-refractivity contribution in [1.29, 1.82) is 0 Å². The highest BCUT2D eigenvalue weighted by atomic mass is 16.7. The summed E-state index contributed by atoms with van der Waals surface area (Å²) >= 11 is 0. The molecule has 0 atom stereocenters. The third-order valence-corrected chi connectivity index (χ3v) is 4.77. The second-order valence-corrected chi connectivity index (χ2v) is 6.65. The quantitative estimate of drug-likeness (QED) is 0.563. The number of H-pyrrole nitrogens is 1. The van der Waals surface area contributed by atoms with Gasteiger partial charge in [0.05, 0.1) is 12.2 Å². The Bertz CT molecular complexity index is 1160. The summed E-state index contributed by atoms with van der Waals surface area (Å²) in [6, 6.07) is 17.7. The van der Waals surface area contributed by atoms with E-state index in [-0.39, 0.29) is 12.7 Å². The number of aromatic nitrogens is 3. The molecule has 1 amide bonds. The van der Waals surface area contributed by atoms with Gasteiger partial charge < -0.3 is 19.4 Å². The Morgan fingerprint density at radius 2 is 2.00 bits per heavy atom. The van der Waals surface area contributed by atoms with Gasteiger partial charge in [0.1, 0.15) is 5.69 Å². The van der Waals surface area contributed by atoms with Gasteiger partial charge in [-0.05, 0) is 41.3 Å². The maximum Gasteiger partial charge on any atom is 0.272 e. The summed E-state index contributed by atoms with van der Waals surface area (Å²) in [6.07, 6.45) is 2.03. The Labute approximate surface area is 160 Å². The van der Waals surface area contributed by atoms with Crippen LogP contribution in [0.15, 0.2) is 60.8 Å². The van der Waals surface area contributed by atoms with Crippen LogP contribution in [0.4, 0.5) is 0 Å². The molecule has 2 aromatic carbocycles. The number of hydrogen-bond acceptors (Lipinski definition) is 4. The molecule has 4 aromatic rings. The Balaban J connectivity index is 1.25. The van der Waals surface area contributed by atoms with Crippen molar-refractivity contribution in [1.82, 2.24) is 20.1 Å². The normalized spacial score (nSPS) is 12.4. The van der Waals surface area contributed by atoms with Crippen LogP contribution in [0.2, 0.25) is 0 Å². The van der Waals surface area contributed by atoms with Crippen LogP contribution < -0.4 is 14.8 Å². The summed E-state index contributed by atoms with van der Waals surface area (Å²) in [5.41, 5.74) is 3.32. The Hall–Kier alpha value is -3.74.